The van der Waals surface area contributed by atoms with E-state index in [1.165, 1.54) is 96.3 Å². The molecule has 58 heavy (non-hydrogen) atoms. The van der Waals surface area contributed by atoms with E-state index in [2.05, 4.69) is 81.5 Å². The summed E-state index contributed by atoms with van der Waals surface area (Å²) in [5.74, 6) is -0.932. The third-order valence-corrected chi connectivity index (χ3v) is 10.2. The van der Waals surface area contributed by atoms with Crippen molar-refractivity contribution >= 4 is 17.9 Å². The van der Waals surface area contributed by atoms with E-state index in [1.807, 2.05) is 0 Å². The number of carbonyl (C=O) groups is 3. The molecule has 0 spiro atoms. The van der Waals surface area contributed by atoms with Crippen LogP contribution in [0.5, 0.6) is 0 Å². The maximum Gasteiger partial charge on any atom is 0.306 e. The minimum absolute atomic E-state index is 0.0870. The molecule has 0 saturated carbocycles. The van der Waals surface area contributed by atoms with E-state index in [0.717, 1.165) is 96.3 Å². The lowest BCUT2D eigenvalue weighted by molar-refractivity contribution is -0.167. The van der Waals surface area contributed by atoms with Gasteiger partial charge in [0.05, 0.1) is 0 Å². The van der Waals surface area contributed by atoms with E-state index in [9.17, 15) is 14.4 Å². The predicted molar refractivity (Wildman–Crippen MR) is 247 cm³/mol. The molecule has 0 fully saturated rings. The van der Waals surface area contributed by atoms with Gasteiger partial charge in [0, 0.05) is 19.3 Å². The Labute approximate surface area is 358 Å². The zero-order valence-corrected chi connectivity index (χ0v) is 38.0. The number of allylic oxidation sites excluding steroid dienone is 10. The fourth-order valence-electron chi connectivity index (χ4n) is 6.54. The van der Waals surface area contributed by atoms with Crippen molar-refractivity contribution in [3.63, 3.8) is 0 Å². The molecular weight excluding hydrogens is 721 g/mol. The van der Waals surface area contributed by atoms with Crippen LogP contribution in [0, 0.1) is 0 Å². The summed E-state index contributed by atoms with van der Waals surface area (Å²) in [7, 11) is 0. The molecule has 0 aromatic carbocycles. The van der Waals surface area contributed by atoms with Gasteiger partial charge >= 0.3 is 17.9 Å². The molecule has 0 rings (SSSR count). The number of esters is 3. The molecular formula is C52H90O6. The van der Waals surface area contributed by atoms with Crippen molar-refractivity contribution in [2.75, 3.05) is 13.2 Å². The summed E-state index contributed by atoms with van der Waals surface area (Å²) in [5.41, 5.74) is 0. The summed E-state index contributed by atoms with van der Waals surface area (Å²) < 4.78 is 16.7. The van der Waals surface area contributed by atoms with Crippen LogP contribution in [0.4, 0.5) is 0 Å². The molecule has 1 atom stereocenters. The van der Waals surface area contributed by atoms with Gasteiger partial charge in [0.15, 0.2) is 6.10 Å². The molecule has 0 aliphatic rings. The van der Waals surface area contributed by atoms with E-state index in [-0.39, 0.29) is 31.1 Å². The van der Waals surface area contributed by atoms with Crippen LogP contribution in [0.15, 0.2) is 60.8 Å². The smallest absolute Gasteiger partial charge is 0.306 e. The molecule has 0 aromatic rings. The molecule has 0 unspecified atom stereocenters. The van der Waals surface area contributed by atoms with Crippen molar-refractivity contribution in [2.45, 2.75) is 239 Å². The predicted octanol–water partition coefficient (Wildman–Crippen LogP) is 15.7. The summed E-state index contributed by atoms with van der Waals surface area (Å²) in [6, 6.07) is 0. The van der Waals surface area contributed by atoms with E-state index in [1.54, 1.807) is 0 Å². The van der Waals surface area contributed by atoms with Crippen molar-refractivity contribution in [3.05, 3.63) is 60.8 Å². The van der Waals surface area contributed by atoms with Gasteiger partial charge in [-0.15, -0.1) is 0 Å². The lowest BCUT2D eigenvalue weighted by Gasteiger charge is -2.18. The molecule has 0 aliphatic heterocycles. The van der Waals surface area contributed by atoms with Gasteiger partial charge in [-0.3, -0.25) is 14.4 Å². The highest BCUT2D eigenvalue weighted by Crippen LogP contribution is 2.13. The molecule has 6 nitrogen and oxygen atoms in total. The van der Waals surface area contributed by atoms with Crippen molar-refractivity contribution in [1.29, 1.82) is 0 Å². The first kappa shape index (κ1) is 55.1. The first-order valence-electron chi connectivity index (χ1n) is 24.3. The average molecular weight is 811 g/mol. The van der Waals surface area contributed by atoms with Gasteiger partial charge in [-0.1, -0.05) is 184 Å². The molecule has 334 valence electrons. The van der Waals surface area contributed by atoms with Crippen LogP contribution in [0.25, 0.3) is 0 Å². The summed E-state index contributed by atoms with van der Waals surface area (Å²) in [6.07, 6.45) is 56.3. The van der Waals surface area contributed by atoms with Crippen molar-refractivity contribution in [3.8, 4) is 0 Å². The number of ether oxygens (including phenoxy) is 3. The first-order chi connectivity index (χ1) is 28.5. The summed E-state index contributed by atoms with van der Waals surface area (Å²) in [6.45, 7) is 6.52. The maximum absolute atomic E-state index is 12.7. The number of unbranched alkanes of at least 4 members (excludes halogenated alkanes) is 22. The normalized spacial score (nSPS) is 12.5. The van der Waals surface area contributed by atoms with Crippen molar-refractivity contribution in [1.82, 2.24) is 0 Å². The molecule has 0 amide bonds. The van der Waals surface area contributed by atoms with Gasteiger partial charge in [-0.05, 0) is 89.9 Å². The van der Waals surface area contributed by atoms with E-state index < -0.39 is 6.10 Å². The monoisotopic (exact) mass is 811 g/mol. The van der Waals surface area contributed by atoms with E-state index in [0.29, 0.717) is 19.3 Å². The van der Waals surface area contributed by atoms with Crippen LogP contribution in [0.3, 0.4) is 0 Å². The molecule has 0 bridgehead atoms. The zero-order valence-electron chi connectivity index (χ0n) is 38.0. The highest BCUT2D eigenvalue weighted by Gasteiger charge is 2.19. The number of rotatable bonds is 43. The summed E-state index contributed by atoms with van der Waals surface area (Å²) in [5, 5.41) is 0. The van der Waals surface area contributed by atoms with Gasteiger partial charge in [0.25, 0.3) is 0 Å². The Kier molecular flexibility index (Phi) is 44.5. The molecule has 0 saturated heterocycles. The van der Waals surface area contributed by atoms with Gasteiger partial charge < -0.3 is 14.2 Å². The summed E-state index contributed by atoms with van der Waals surface area (Å²) >= 11 is 0. The minimum atomic E-state index is -0.787. The van der Waals surface area contributed by atoms with Crippen molar-refractivity contribution < 1.29 is 28.6 Å². The van der Waals surface area contributed by atoms with Gasteiger partial charge in [-0.2, -0.15) is 0 Å². The first-order valence-corrected chi connectivity index (χ1v) is 24.3. The zero-order chi connectivity index (χ0) is 42.3. The molecule has 0 N–H and O–H groups in total. The Morgan fingerprint density at radius 2 is 0.621 bits per heavy atom. The number of hydrogen-bond donors (Lipinski definition) is 0. The highest BCUT2D eigenvalue weighted by atomic mass is 16.6. The summed E-state index contributed by atoms with van der Waals surface area (Å²) in [4.78, 5) is 37.7. The molecule has 0 radical (unpaired) electrons. The Morgan fingerprint density at radius 3 is 1.03 bits per heavy atom. The largest absolute Gasteiger partial charge is 0.462 e. The molecule has 6 heteroatoms. The highest BCUT2D eigenvalue weighted by molar-refractivity contribution is 5.71. The SMILES string of the molecule is CCCCC/C=C\C/C=C\C/C=C\C/C=C\CCCCCC(=O)OC[C@@H](COC(=O)CCCCCCCCCCC)OC(=O)CCCCCCC/C=C\CCCCC. The van der Waals surface area contributed by atoms with Gasteiger partial charge in [0.1, 0.15) is 13.2 Å². The minimum Gasteiger partial charge on any atom is -0.462 e. The quantitative estimate of drug-likeness (QED) is 0.0264. The second kappa shape index (κ2) is 46.8. The maximum atomic E-state index is 12.7. The average Bonchev–Trinajstić information content (AvgIpc) is 3.22. The fraction of sp³-hybridized carbons (Fsp3) is 0.750. The lowest BCUT2D eigenvalue weighted by Crippen LogP contribution is -2.30. The third-order valence-electron chi connectivity index (χ3n) is 10.2. The second-order valence-electron chi connectivity index (χ2n) is 16.0. The second-order valence-corrected chi connectivity index (χ2v) is 16.0. The molecule has 0 heterocycles. The van der Waals surface area contributed by atoms with Crippen LogP contribution >= 0.6 is 0 Å². The number of carbonyl (C=O) groups excluding carboxylic acids is 3. The lowest BCUT2D eigenvalue weighted by atomic mass is 10.1. The Morgan fingerprint density at radius 1 is 0.345 bits per heavy atom. The standard InChI is InChI=1S/C52H90O6/c1-4-7-10-13-16-19-21-23-24-25-26-27-28-29-31-33-36-39-42-45-51(54)57-48-49(47-56-50(53)44-41-38-35-32-18-15-12-9-6-3)58-52(55)46-43-40-37-34-30-22-20-17-14-11-8-5-2/h16-17,19-20,23-24,26-27,29,31,49H,4-15,18,21-22,25,28,30,32-48H2,1-3H3/b19-16-,20-17-,24-23-,27-26-,31-29-/t49-/m1/s1. The van der Waals surface area contributed by atoms with Gasteiger partial charge in [0.2, 0.25) is 0 Å². The van der Waals surface area contributed by atoms with E-state index in [4.69, 9.17) is 14.2 Å². The Hall–Kier alpha value is -2.89. The number of hydrogen-bond acceptors (Lipinski definition) is 6. The molecule has 0 aromatic heterocycles. The van der Waals surface area contributed by atoms with E-state index >= 15 is 0 Å². The third kappa shape index (κ3) is 44.2. The van der Waals surface area contributed by atoms with Crippen LogP contribution in [-0.4, -0.2) is 37.2 Å². The van der Waals surface area contributed by atoms with Gasteiger partial charge in [-0.25, -0.2) is 0 Å². The van der Waals surface area contributed by atoms with Crippen LogP contribution in [0.1, 0.15) is 233 Å². The Bertz CT molecular complexity index is 1070. The Balaban J connectivity index is 4.39. The fourth-order valence-corrected chi connectivity index (χ4v) is 6.54. The van der Waals surface area contributed by atoms with Crippen LogP contribution in [0.2, 0.25) is 0 Å². The van der Waals surface area contributed by atoms with Crippen molar-refractivity contribution in [2.24, 2.45) is 0 Å². The van der Waals surface area contributed by atoms with Crippen LogP contribution in [-0.2, 0) is 28.6 Å². The topological polar surface area (TPSA) is 78.9 Å². The molecule has 0 aliphatic carbocycles. The van der Waals surface area contributed by atoms with Crippen LogP contribution < -0.4 is 0 Å².